The van der Waals surface area contributed by atoms with Crippen molar-refractivity contribution in [2.75, 3.05) is 20.8 Å². The second kappa shape index (κ2) is 7.18. The lowest BCUT2D eigenvalue weighted by Crippen LogP contribution is -2.44. The number of Topliss-reactive ketones (excluding diaryl/α,β-unsaturated/α-hetero) is 1. The lowest BCUT2D eigenvalue weighted by molar-refractivity contribution is -0.115. The van der Waals surface area contributed by atoms with Crippen LogP contribution in [0, 0.1) is 0 Å². The zero-order valence-electron chi connectivity index (χ0n) is 16.1. The van der Waals surface area contributed by atoms with Crippen molar-refractivity contribution in [2.45, 2.75) is 38.1 Å². The number of ketones is 1. The van der Waals surface area contributed by atoms with Gasteiger partial charge in [0.2, 0.25) is 0 Å². The summed E-state index contributed by atoms with van der Waals surface area (Å²) in [6, 6.07) is 3.33. The molecular formula is C20H24N4O4. The number of carbonyl (C=O) groups excluding carboxylic acids is 2. The summed E-state index contributed by atoms with van der Waals surface area (Å²) >= 11 is 0. The number of urea groups is 1. The van der Waals surface area contributed by atoms with E-state index < -0.39 is 6.03 Å². The minimum absolute atomic E-state index is 0.0293. The highest BCUT2D eigenvalue weighted by Gasteiger charge is 2.40. The summed E-state index contributed by atoms with van der Waals surface area (Å²) in [6.45, 7) is 0.829. The fraction of sp³-hybridized carbons (Fsp3) is 0.450. The van der Waals surface area contributed by atoms with E-state index in [9.17, 15) is 9.59 Å². The van der Waals surface area contributed by atoms with Gasteiger partial charge in [-0.15, -0.1) is 0 Å². The van der Waals surface area contributed by atoms with Crippen LogP contribution in [0.4, 0.5) is 4.79 Å². The van der Waals surface area contributed by atoms with Crippen LogP contribution in [0.1, 0.15) is 42.9 Å². The minimum atomic E-state index is -0.740. The summed E-state index contributed by atoms with van der Waals surface area (Å²) < 4.78 is 10.9. The standard InChI is InChI=1S/C20H24N4O4/c1-27-17-8-11-6-7-24-14-4-3-5-16(25)19(14)13(22-23-20(21)26)10-15(24)12(11)9-18(17)28-2/h8-9,15H,3-7,10H2,1-2H3,(H3,21,23,26)/t15-/m0/s1. The van der Waals surface area contributed by atoms with Gasteiger partial charge in [-0.1, -0.05) is 0 Å². The summed E-state index contributed by atoms with van der Waals surface area (Å²) in [4.78, 5) is 26.1. The number of nitrogens with zero attached hydrogens (tertiary/aromatic N) is 2. The number of primary amides is 1. The van der Waals surface area contributed by atoms with Gasteiger partial charge < -0.3 is 20.1 Å². The topological polar surface area (TPSA) is 106 Å². The van der Waals surface area contributed by atoms with Crippen molar-refractivity contribution in [3.05, 3.63) is 34.5 Å². The minimum Gasteiger partial charge on any atom is -0.493 e. The molecule has 2 amide bonds. The van der Waals surface area contributed by atoms with Crippen molar-refractivity contribution in [3.8, 4) is 11.5 Å². The number of nitrogens with one attached hydrogen (secondary N) is 1. The molecule has 148 valence electrons. The van der Waals surface area contributed by atoms with Gasteiger partial charge in [0.15, 0.2) is 17.3 Å². The molecule has 3 aliphatic rings. The van der Waals surface area contributed by atoms with Crippen LogP contribution < -0.4 is 20.6 Å². The van der Waals surface area contributed by atoms with Gasteiger partial charge in [-0.25, -0.2) is 10.2 Å². The first-order valence-electron chi connectivity index (χ1n) is 9.43. The molecule has 0 bridgehead atoms. The largest absolute Gasteiger partial charge is 0.493 e. The molecule has 0 unspecified atom stereocenters. The molecule has 0 saturated carbocycles. The van der Waals surface area contributed by atoms with E-state index in [-0.39, 0.29) is 11.8 Å². The molecule has 4 rings (SSSR count). The number of methoxy groups -OCH3 is 2. The van der Waals surface area contributed by atoms with Gasteiger partial charge in [-0.2, -0.15) is 5.10 Å². The molecule has 3 N–H and O–H groups in total. The van der Waals surface area contributed by atoms with Crippen LogP contribution in [-0.4, -0.2) is 43.2 Å². The van der Waals surface area contributed by atoms with Crippen molar-refractivity contribution in [3.63, 3.8) is 0 Å². The van der Waals surface area contributed by atoms with Crippen LogP contribution >= 0.6 is 0 Å². The predicted molar refractivity (Wildman–Crippen MR) is 103 cm³/mol. The number of benzene rings is 1. The van der Waals surface area contributed by atoms with Gasteiger partial charge in [0, 0.05) is 25.1 Å². The number of amides is 2. The van der Waals surface area contributed by atoms with Crippen molar-refractivity contribution in [1.29, 1.82) is 0 Å². The van der Waals surface area contributed by atoms with E-state index in [1.165, 1.54) is 5.56 Å². The number of allylic oxidation sites excluding steroid dienone is 2. The van der Waals surface area contributed by atoms with E-state index in [0.717, 1.165) is 37.1 Å². The predicted octanol–water partition coefficient (Wildman–Crippen LogP) is 2.04. The number of hydrogen-bond donors (Lipinski definition) is 2. The molecule has 0 saturated heterocycles. The molecule has 0 fully saturated rings. The number of nitrogens with two attached hydrogens (primary N) is 1. The first kappa shape index (κ1) is 18.3. The molecular weight excluding hydrogens is 360 g/mol. The van der Waals surface area contributed by atoms with Crippen LogP contribution in [0.15, 0.2) is 28.5 Å². The third-order valence-electron chi connectivity index (χ3n) is 5.71. The Balaban J connectivity index is 1.82. The van der Waals surface area contributed by atoms with Crippen molar-refractivity contribution >= 4 is 17.5 Å². The lowest BCUT2D eigenvalue weighted by Gasteiger charge is -2.46. The molecule has 2 heterocycles. The van der Waals surface area contributed by atoms with Crippen LogP contribution in [0.3, 0.4) is 0 Å². The van der Waals surface area contributed by atoms with E-state index in [1.807, 2.05) is 12.1 Å². The lowest BCUT2D eigenvalue weighted by atomic mass is 9.79. The van der Waals surface area contributed by atoms with Gasteiger partial charge in [0.05, 0.1) is 31.5 Å². The van der Waals surface area contributed by atoms with Crippen LogP contribution in [0.25, 0.3) is 0 Å². The van der Waals surface area contributed by atoms with E-state index in [2.05, 4.69) is 15.4 Å². The number of hydrogen-bond acceptors (Lipinski definition) is 6. The smallest absolute Gasteiger partial charge is 0.332 e. The van der Waals surface area contributed by atoms with Crippen molar-refractivity contribution in [2.24, 2.45) is 10.8 Å². The zero-order chi connectivity index (χ0) is 19.8. The van der Waals surface area contributed by atoms with Gasteiger partial charge in [0.25, 0.3) is 0 Å². The van der Waals surface area contributed by atoms with E-state index >= 15 is 0 Å². The van der Waals surface area contributed by atoms with Crippen molar-refractivity contribution in [1.82, 2.24) is 10.3 Å². The molecule has 28 heavy (non-hydrogen) atoms. The SMILES string of the molecule is COc1cc2c(cc1OC)[C@@H]1CC(=NNC(N)=O)C3=C(CCCC3=O)N1CC2. The fourth-order valence-corrected chi connectivity index (χ4v) is 4.52. The van der Waals surface area contributed by atoms with Crippen LogP contribution in [0.5, 0.6) is 11.5 Å². The molecule has 2 aliphatic heterocycles. The Bertz CT molecular complexity index is 906. The Morgan fingerprint density at radius 1 is 1.21 bits per heavy atom. The maximum absolute atomic E-state index is 12.6. The van der Waals surface area contributed by atoms with Crippen molar-refractivity contribution < 1.29 is 19.1 Å². The van der Waals surface area contributed by atoms with Crippen LogP contribution in [0.2, 0.25) is 0 Å². The molecule has 0 radical (unpaired) electrons. The second-order valence-corrected chi connectivity index (χ2v) is 7.20. The highest BCUT2D eigenvalue weighted by molar-refractivity contribution is 6.24. The van der Waals surface area contributed by atoms with E-state index in [0.29, 0.717) is 35.6 Å². The zero-order valence-corrected chi connectivity index (χ0v) is 16.1. The quantitative estimate of drug-likeness (QED) is 0.776. The first-order valence-corrected chi connectivity index (χ1v) is 9.43. The summed E-state index contributed by atoms with van der Waals surface area (Å²) in [5.74, 6) is 1.47. The molecule has 1 atom stereocenters. The highest BCUT2D eigenvalue weighted by Crippen LogP contribution is 2.46. The highest BCUT2D eigenvalue weighted by atomic mass is 16.5. The molecule has 0 spiro atoms. The number of carbonyl (C=O) groups is 2. The fourth-order valence-electron chi connectivity index (χ4n) is 4.52. The first-order chi connectivity index (χ1) is 13.5. The molecule has 1 aromatic rings. The Morgan fingerprint density at radius 2 is 1.96 bits per heavy atom. The van der Waals surface area contributed by atoms with Gasteiger partial charge in [0.1, 0.15) is 0 Å². The monoisotopic (exact) mass is 384 g/mol. The average Bonchev–Trinajstić information content (AvgIpc) is 2.70. The summed E-state index contributed by atoms with van der Waals surface area (Å²) in [5, 5.41) is 4.19. The number of hydrazone groups is 1. The normalized spacial score (nSPS) is 22.4. The Morgan fingerprint density at radius 3 is 2.68 bits per heavy atom. The third-order valence-corrected chi connectivity index (χ3v) is 5.71. The summed E-state index contributed by atoms with van der Waals surface area (Å²) in [6.07, 6.45) is 3.55. The molecule has 0 aromatic heterocycles. The van der Waals surface area contributed by atoms with Gasteiger partial charge in [-0.05, 0) is 42.5 Å². The maximum Gasteiger partial charge on any atom is 0.332 e. The molecule has 1 aliphatic carbocycles. The Kier molecular flexibility index (Phi) is 4.70. The van der Waals surface area contributed by atoms with Crippen LogP contribution in [-0.2, 0) is 11.2 Å². The number of fused-ring (bicyclic) bond motifs is 4. The molecule has 8 heteroatoms. The molecule has 8 nitrogen and oxygen atoms in total. The number of ether oxygens (including phenoxy) is 2. The second-order valence-electron chi connectivity index (χ2n) is 7.20. The summed E-state index contributed by atoms with van der Waals surface area (Å²) in [7, 11) is 3.25. The van der Waals surface area contributed by atoms with E-state index in [1.54, 1.807) is 14.2 Å². The Labute approximate surface area is 163 Å². The van der Waals surface area contributed by atoms with Gasteiger partial charge in [-0.3, -0.25) is 4.79 Å². The Hall–Kier alpha value is -3.03. The summed E-state index contributed by atoms with van der Waals surface area (Å²) in [5.41, 5.74) is 12.1. The average molecular weight is 384 g/mol. The van der Waals surface area contributed by atoms with Gasteiger partial charge >= 0.3 is 6.03 Å². The number of rotatable bonds is 3. The maximum atomic E-state index is 12.6. The van der Waals surface area contributed by atoms with E-state index in [4.69, 9.17) is 15.2 Å². The third kappa shape index (κ3) is 2.98. The molecule has 1 aromatic carbocycles.